The van der Waals surface area contributed by atoms with Crippen molar-refractivity contribution in [1.82, 2.24) is 0 Å². The molecule has 4 aliphatic carbocycles. The number of hydrogen-bond donors (Lipinski definition) is 3. The van der Waals surface area contributed by atoms with Gasteiger partial charge in [0, 0.05) is 0 Å². The van der Waals surface area contributed by atoms with Crippen molar-refractivity contribution in [3.05, 3.63) is 0 Å². The molecule has 1 heterocycles. The van der Waals surface area contributed by atoms with Crippen molar-refractivity contribution in [3.8, 4) is 0 Å². The van der Waals surface area contributed by atoms with Gasteiger partial charge in [0.2, 0.25) is 0 Å². The number of hydrogen-bond acceptors (Lipinski definition) is 4. The van der Waals surface area contributed by atoms with Crippen LogP contribution in [0.4, 0.5) is 0 Å². The second-order valence-electron chi connectivity index (χ2n) is 14.8. The molecule has 5 rings (SSSR count). The molecule has 0 aromatic carbocycles. The van der Waals surface area contributed by atoms with E-state index in [-0.39, 0.29) is 57.6 Å². The quantitative estimate of drug-likeness (QED) is 0.493. The molecule has 0 amide bonds. The van der Waals surface area contributed by atoms with Gasteiger partial charge in [0.15, 0.2) is 0 Å². The molecule has 33 heavy (non-hydrogen) atoms. The molecule has 0 radical (unpaired) electrons. The van der Waals surface area contributed by atoms with Crippen LogP contribution < -0.4 is 0 Å². The van der Waals surface area contributed by atoms with Gasteiger partial charge in [0.05, 0.1) is 29.5 Å². The summed E-state index contributed by atoms with van der Waals surface area (Å²) in [5.41, 5.74) is -0.549. The molecule has 0 aromatic heterocycles. The zero-order valence-electron chi connectivity index (χ0n) is 22.2. The average molecular weight is 463 g/mol. The monoisotopic (exact) mass is 462 g/mol. The number of aliphatic hydroxyl groups excluding tert-OH is 3. The van der Waals surface area contributed by atoms with E-state index in [0.717, 1.165) is 51.4 Å². The molecule has 4 saturated carbocycles. The van der Waals surface area contributed by atoms with Gasteiger partial charge in [-0.2, -0.15) is 0 Å². The Morgan fingerprint density at radius 3 is 2.06 bits per heavy atom. The Labute approximate surface area is 201 Å². The minimum absolute atomic E-state index is 0.000115. The first-order valence-corrected chi connectivity index (χ1v) is 13.9. The summed E-state index contributed by atoms with van der Waals surface area (Å²) >= 11 is 0. The lowest BCUT2D eigenvalue weighted by Crippen LogP contribution is -2.66. The third-order valence-electron chi connectivity index (χ3n) is 12.4. The van der Waals surface area contributed by atoms with Crippen LogP contribution in [0.3, 0.4) is 0 Å². The topological polar surface area (TPSA) is 69.9 Å². The average Bonchev–Trinajstić information content (AvgIpc) is 3.06. The fourth-order valence-electron chi connectivity index (χ4n) is 10.7. The number of rotatable bonds is 1. The summed E-state index contributed by atoms with van der Waals surface area (Å²) in [5.74, 6) is 1.50. The van der Waals surface area contributed by atoms with Gasteiger partial charge in [-0.3, -0.25) is 0 Å². The lowest BCUT2D eigenvalue weighted by Gasteiger charge is -2.68. The predicted molar refractivity (Wildman–Crippen MR) is 131 cm³/mol. The molecule has 3 N–H and O–H groups in total. The lowest BCUT2D eigenvalue weighted by atomic mass is 9.38. The molecule has 190 valence electrons. The van der Waals surface area contributed by atoms with Crippen LogP contribution in [-0.2, 0) is 4.74 Å². The van der Waals surface area contributed by atoms with E-state index in [0.29, 0.717) is 17.8 Å². The summed E-state index contributed by atoms with van der Waals surface area (Å²) in [6.45, 7) is 16.0. The Bertz CT molecular complexity index is 778. The fraction of sp³-hybridized carbons (Fsp3) is 1.00. The Balaban J connectivity index is 1.50. The SMILES string of the molecule is CC1(C)CCC[C@@](C)([C@@H]2CC[C@@]3(C)[C@H]2[C@@H](O)C[C@H]2[C@H]4CC[C@@H](O)C(C)(C)[C@H]4[C@@H](O)C[C@@]23C)O1. The Morgan fingerprint density at radius 1 is 0.697 bits per heavy atom. The molecule has 0 aromatic rings. The maximum atomic E-state index is 11.8. The maximum Gasteiger partial charge on any atom is 0.0693 e. The van der Waals surface area contributed by atoms with Crippen LogP contribution in [0.2, 0.25) is 0 Å². The molecule has 1 aliphatic heterocycles. The van der Waals surface area contributed by atoms with Crippen LogP contribution in [0.15, 0.2) is 0 Å². The zero-order valence-corrected chi connectivity index (χ0v) is 22.2. The summed E-state index contributed by atoms with van der Waals surface area (Å²) < 4.78 is 6.81. The van der Waals surface area contributed by atoms with Crippen LogP contribution in [0, 0.1) is 45.8 Å². The second-order valence-corrected chi connectivity index (χ2v) is 14.8. The van der Waals surface area contributed by atoms with Gasteiger partial charge in [0.1, 0.15) is 0 Å². The van der Waals surface area contributed by atoms with Crippen LogP contribution in [0.5, 0.6) is 0 Å². The van der Waals surface area contributed by atoms with Gasteiger partial charge in [-0.25, -0.2) is 0 Å². The Kier molecular flexibility index (Phi) is 5.52. The van der Waals surface area contributed by atoms with Crippen LogP contribution in [0.1, 0.15) is 106 Å². The molecule has 4 nitrogen and oxygen atoms in total. The van der Waals surface area contributed by atoms with Crippen molar-refractivity contribution in [3.63, 3.8) is 0 Å². The van der Waals surface area contributed by atoms with Gasteiger partial charge >= 0.3 is 0 Å². The van der Waals surface area contributed by atoms with E-state index in [1.807, 2.05) is 0 Å². The first-order chi connectivity index (χ1) is 15.2. The predicted octanol–water partition coefficient (Wildman–Crippen LogP) is 5.32. The van der Waals surface area contributed by atoms with E-state index in [9.17, 15) is 15.3 Å². The molecule has 5 fully saturated rings. The van der Waals surface area contributed by atoms with Crippen LogP contribution >= 0.6 is 0 Å². The molecule has 4 heteroatoms. The number of ether oxygens (including phenoxy) is 1. The molecular weight excluding hydrogens is 412 g/mol. The summed E-state index contributed by atoms with van der Waals surface area (Å²) in [6, 6.07) is 0. The Morgan fingerprint density at radius 2 is 1.39 bits per heavy atom. The lowest BCUT2D eigenvalue weighted by molar-refractivity contribution is -0.254. The fourth-order valence-corrected chi connectivity index (χ4v) is 10.7. The second kappa shape index (κ2) is 7.43. The first kappa shape index (κ1) is 24.5. The van der Waals surface area contributed by atoms with E-state index < -0.39 is 0 Å². The molecule has 11 atom stereocenters. The summed E-state index contributed by atoms with van der Waals surface area (Å²) in [4.78, 5) is 0. The van der Waals surface area contributed by atoms with Crippen molar-refractivity contribution in [1.29, 1.82) is 0 Å². The normalized spacial score (nSPS) is 57.6. The van der Waals surface area contributed by atoms with Gasteiger partial charge in [-0.1, -0.05) is 27.7 Å². The highest BCUT2D eigenvalue weighted by atomic mass is 16.5. The maximum absolute atomic E-state index is 11.8. The highest BCUT2D eigenvalue weighted by Gasteiger charge is 2.70. The summed E-state index contributed by atoms with van der Waals surface area (Å²) in [6.07, 6.45) is 7.99. The highest BCUT2D eigenvalue weighted by molar-refractivity contribution is 5.19. The number of fused-ring (bicyclic) bond motifs is 5. The smallest absolute Gasteiger partial charge is 0.0693 e. The van der Waals surface area contributed by atoms with Gasteiger partial charge in [-0.05, 0) is 124 Å². The van der Waals surface area contributed by atoms with Crippen molar-refractivity contribution < 1.29 is 20.1 Å². The molecule has 0 spiro atoms. The van der Waals surface area contributed by atoms with Crippen molar-refractivity contribution >= 4 is 0 Å². The van der Waals surface area contributed by atoms with Crippen LogP contribution in [0.25, 0.3) is 0 Å². The molecule has 5 aliphatic rings. The van der Waals surface area contributed by atoms with Crippen molar-refractivity contribution in [2.45, 2.75) is 136 Å². The van der Waals surface area contributed by atoms with E-state index in [1.165, 1.54) is 6.42 Å². The molecule has 0 unspecified atom stereocenters. The standard InChI is InChI=1S/C29H50O4/c1-25(2)12-8-13-29(7,33-25)18-11-14-27(5)24(18)20(30)15-19-17-9-10-22(32)26(3,4)23(17)21(31)16-28(19,27)6/h17-24,30-32H,8-16H2,1-7H3/t17-,18-,19+,20+,21+,22-,23-,24-,27+,28+,29+/m1/s1. The van der Waals surface area contributed by atoms with E-state index in [2.05, 4.69) is 48.5 Å². The minimum Gasteiger partial charge on any atom is -0.393 e. The first-order valence-electron chi connectivity index (χ1n) is 13.9. The minimum atomic E-state index is -0.381. The number of aliphatic hydroxyl groups is 3. The van der Waals surface area contributed by atoms with Gasteiger partial charge in [0.25, 0.3) is 0 Å². The molecular formula is C29H50O4. The summed E-state index contributed by atoms with van der Waals surface area (Å²) in [5, 5.41) is 34.2. The zero-order chi connectivity index (χ0) is 24.2. The van der Waals surface area contributed by atoms with Gasteiger partial charge < -0.3 is 20.1 Å². The van der Waals surface area contributed by atoms with E-state index >= 15 is 0 Å². The van der Waals surface area contributed by atoms with E-state index in [4.69, 9.17) is 4.74 Å². The Hall–Kier alpha value is -0.160. The van der Waals surface area contributed by atoms with Crippen LogP contribution in [-0.4, -0.2) is 44.8 Å². The molecule has 0 bridgehead atoms. The van der Waals surface area contributed by atoms with Crippen molar-refractivity contribution in [2.75, 3.05) is 0 Å². The third kappa shape index (κ3) is 3.29. The molecule has 1 saturated heterocycles. The van der Waals surface area contributed by atoms with Gasteiger partial charge in [-0.15, -0.1) is 0 Å². The largest absolute Gasteiger partial charge is 0.393 e. The highest BCUT2D eigenvalue weighted by Crippen LogP contribution is 2.73. The summed E-state index contributed by atoms with van der Waals surface area (Å²) in [7, 11) is 0. The van der Waals surface area contributed by atoms with E-state index in [1.54, 1.807) is 0 Å². The third-order valence-corrected chi connectivity index (χ3v) is 12.4. The van der Waals surface area contributed by atoms with Crippen molar-refractivity contribution in [2.24, 2.45) is 45.8 Å².